The maximum atomic E-state index is 12.3. The first-order chi connectivity index (χ1) is 9.15. The molecule has 0 bridgehead atoms. The molecule has 7 nitrogen and oxygen atoms in total. The zero-order valence-electron chi connectivity index (χ0n) is 11.8. The van der Waals surface area contributed by atoms with Gasteiger partial charge in [0.1, 0.15) is 11.4 Å². The van der Waals surface area contributed by atoms with Gasteiger partial charge in [0.15, 0.2) is 0 Å². The summed E-state index contributed by atoms with van der Waals surface area (Å²) in [5.74, 6) is -1.06. The van der Waals surface area contributed by atoms with E-state index in [-0.39, 0.29) is 16.9 Å². The number of carboxylic acids is 1. The Kier molecular flexibility index (Phi) is 3.64. The minimum absolute atomic E-state index is 0.0614. The number of aliphatic carboxylic acids is 1. The molecule has 0 unspecified atom stereocenters. The van der Waals surface area contributed by atoms with E-state index in [1.807, 2.05) is 6.92 Å². The lowest BCUT2D eigenvalue weighted by Crippen LogP contribution is -2.30. The SMILES string of the molecule is Cc1nn(CC(=O)O)c(C)c1S(=O)(=O)NCC1(C)CC1. The van der Waals surface area contributed by atoms with Gasteiger partial charge >= 0.3 is 5.97 Å². The summed E-state index contributed by atoms with van der Waals surface area (Å²) in [6, 6.07) is 0. The molecule has 0 saturated heterocycles. The Balaban J connectivity index is 2.26. The van der Waals surface area contributed by atoms with E-state index in [1.54, 1.807) is 13.8 Å². The minimum Gasteiger partial charge on any atom is -0.480 e. The predicted octanol–water partition coefficient (Wildman–Crippen LogP) is 0.663. The average Bonchev–Trinajstić information content (AvgIpc) is 2.97. The van der Waals surface area contributed by atoms with Crippen LogP contribution in [-0.2, 0) is 21.4 Å². The highest BCUT2D eigenvalue weighted by molar-refractivity contribution is 7.89. The maximum absolute atomic E-state index is 12.3. The van der Waals surface area contributed by atoms with Crippen LogP contribution in [0.5, 0.6) is 0 Å². The number of sulfonamides is 1. The summed E-state index contributed by atoms with van der Waals surface area (Å²) < 4.78 is 28.5. The van der Waals surface area contributed by atoms with Gasteiger partial charge in [-0.2, -0.15) is 5.10 Å². The Morgan fingerprint density at radius 3 is 2.55 bits per heavy atom. The van der Waals surface area contributed by atoms with Gasteiger partial charge in [0, 0.05) is 6.54 Å². The summed E-state index contributed by atoms with van der Waals surface area (Å²) in [7, 11) is -3.66. The van der Waals surface area contributed by atoms with Crippen LogP contribution in [0, 0.1) is 19.3 Å². The molecule has 1 saturated carbocycles. The number of nitrogens with zero attached hydrogens (tertiary/aromatic N) is 2. The Labute approximate surface area is 118 Å². The van der Waals surface area contributed by atoms with Gasteiger partial charge in [-0.15, -0.1) is 0 Å². The predicted molar refractivity (Wildman–Crippen MR) is 71.9 cm³/mol. The first-order valence-corrected chi connectivity index (χ1v) is 7.88. The zero-order valence-corrected chi connectivity index (χ0v) is 12.6. The fourth-order valence-electron chi connectivity index (χ4n) is 2.08. The van der Waals surface area contributed by atoms with Crippen LogP contribution in [0.3, 0.4) is 0 Å². The van der Waals surface area contributed by atoms with Gasteiger partial charge in [-0.05, 0) is 32.1 Å². The monoisotopic (exact) mass is 301 g/mol. The number of carbonyl (C=O) groups is 1. The molecule has 1 heterocycles. The van der Waals surface area contributed by atoms with Crippen molar-refractivity contribution in [3.05, 3.63) is 11.4 Å². The van der Waals surface area contributed by atoms with E-state index in [9.17, 15) is 13.2 Å². The summed E-state index contributed by atoms with van der Waals surface area (Å²) >= 11 is 0. The number of aryl methyl sites for hydroxylation is 1. The summed E-state index contributed by atoms with van der Waals surface area (Å²) in [5.41, 5.74) is 0.724. The molecular formula is C12H19N3O4S. The Morgan fingerprint density at radius 2 is 2.05 bits per heavy atom. The normalized spacial score (nSPS) is 17.1. The van der Waals surface area contributed by atoms with E-state index in [4.69, 9.17) is 5.11 Å². The van der Waals surface area contributed by atoms with Gasteiger partial charge in [-0.25, -0.2) is 13.1 Å². The van der Waals surface area contributed by atoms with Crippen LogP contribution in [-0.4, -0.2) is 35.8 Å². The zero-order chi connectivity index (χ0) is 15.1. The number of rotatable bonds is 6. The van der Waals surface area contributed by atoms with Crippen LogP contribution < -0.4 is 4.72 Å². The molecule has 20 heavy (non-hydrogen) atoms. The summed E-state index contributed by atoms with van der Waals surface area (Å²) in [5, 5.41) is 12.8. The van der Waals surface area contributed by atoms with E-state index >= 15 is 0 Å². The molecular weight excluding hydrogens is 282 g/mol. The Morgan fingerprint density at radius 1 is 1.45 bits per heavy atom. The summed E-state index contributed by atoms with van der Waals surface area (Å²) in [6.45, 7) is 5.22. The van der Waals surface area contributed by atoms with Crippen LogP contribution >= 0.6 is 0 Å². The van der Waals surface area contributed by atoms with E-state index < -0.39 is 16.0 Å². The summed E-state index contributed by atoms with van der Waals surface area (Å²) in [6.07, 6.45) is 2.04. The minimum atomic E-state index is -3.66. The van der Waals surface area contributed by atoms with E-state index in [1.165, 1.54) is 4.68 Å². The molecule has 2 N–H and O–H groups in total. The highest BCUT2D eigenvalue weighted by Crippen LogP contribution is 2.44. The third kappa shape index (κ3) is 3.01. The van der Waals surface area contributed by atoms with Crippen molar-refractivity contribution < 1.29 is 18.3 Å². The van der Waals surface area contributed by atoms with Crippen molar-refractivity contribution in [1.82, 2.24) is 14.5 Å². The largest absolute Gasteiger partial charge is 0.480 e. The molecule has 112 valence electrons. The van der Waals surface area contributed by atoms with Gasteiger partial charge < -0.3 is 5.11 Å². The lowest BCUT2D eigenvalue weighted by Gasteiger charge is -2.11. The molecule has 8 heteroatoms. The number of hydrogen-bond donors (Lipinski definition) is 2. The number of aromatic nitrogens is 2. The maximum Gasteiger partial charge on any atom is 0.325 e. The Bertz CT molecular complexity index is 644. The van der Waals surface area contributed by atoms with Crippen molar-refractivity contribution in [1.29, 1.82) is 0 Å². The van der Waals surface area contributed by atoms with E-state index in [0.717, 1.165) is 12.8 Å². The lowest BCUT2D eigenvalue weighted by molar-refractivity contribution is -0.137. The van der Waals surface area contributed by atoms with Crippen molar-refractivity contribution >= 4 is 16.0 Å². The molecule has 0 spiro atoms. The van der Waals surface area contributed by atoms with Gasteiger partial charge in [0.25, 0.3) is 0 Å². The fraction of sp³-hybridized carbons (Fsp3) is 0.667. The fourth-order valence-corrected chi connectivity index (χ4v) is 3.69. The third-order valence-electron chi connectivity index (χ3n) is 3.66. The van der Waals surface area contributed by atoms with Gasteiger partial charge in [0.05, 0.1) is 11.4 Å². The molecule has 0 aliphatic heterocycles. The lowest BCUT2D eigenvalue weighted by atomic mass is 10.2. The van der Waals surface area contributed by atoms with Crippen molar-refractivity contribution in [3.63, 3.8) is 0 Å². The molecule has 2 rings (SSSR count). The molecule has 1 aromatic rings. The van der Waals surface area contributed by atoms with Crippen molar-refractivity contribution in [2.45, 2.75) is 45.1 Å². The second-order valence-electron chi connectivity index (χ2n) is 5.69. The molecule has 1 aliphatic rings. The van der Waals surface area contributed by atoms with Crippen LogP contribution in [0.4, 0.5) is 0 Å². The Hall–Kier alpha value is -1.41. The topological polar surface area (TPSA) is 101 Å². The second-order valence-corrected chi connectivity index (χ2v) is 7.39. The van der Waals surface area contributed by atoms with Gasteiger partial charge in [-0.3, -0.25) is 9.48 Å². The van der Waals surface area contributed by atoms with Crippen LogP contribution in [0.1, 0.15) is 31.2 Å². The van der Waals surface area contributed by atoms with Crippen LogP contribution in [0.15, 0.2) is 4.90 Å². The van der Waals surface area contributed by atoms with E-state index in [2.05, 4.69) is 9.82 Å². The second kappa shape index (κ2) is 4.85. The van der Waals surface area contributed by atoms with Gasteiger partial charge in [-0.1, -0.05) is 6.92 Å². The molecule has 0 atom stereocenters. The highest BCUT2D eigenvalue weighted by atomic mass is 32.2. The number of nitrogens with one attached hydrogen (secondary N) is 1. The third-order valence-corrected chi connectivity index (χ3v) is 5.31. The standard InChI is InChI=1S/C12H19N3O4S/c1-8-11(9(2)15(14-8)6-10(16)17)20(18,19)13-7-12(3)4-5-12/h13H,4-7H2,1-3H3,(H,16,17). The molecule has 0 radical (unpaired) electrons. The van der Waals surface area contributed by atoms with Crippen LogP contribution in [0.25, 0.3) is 0 Å². The first kappa shape index (κ1) is 15.0. The molecule has 0 aromatic carbocycles. The number of hydrogen-bond acceptors (Lipinski definition) is 4. The molecule has 1 aromatic heterocycles. The number of carboxylic acid groups (broad SMARTS) is 1. The first-order valence-electron chi connectivity index (χ1n) is 6.40. The highest BCUT2D eigenvalue weighted by Gasteiger charge is 2.38. The van der Waals surface area contributed by atoms with Crippen molar-refractivity contribution in [2.75, 3.05) is 6.54 Å². The summed E-state index contributed by atoms with van der Waals surface area (Å²) in [4.78, 5) is 10.8. The van der Waals surface area contributed by atoms with E-state index in [0.29, 0.717) is 17.9 Å². The average molecular weight is 301 g/mol. The molecule has 1 fully saturated rings. The van der Waals surface area contributed by atoms with Crippen molar-refractivity contribution in [2.24, 2.45) is 5.41 Å². The van der Waals surface area contributed by atoms with Gasteiger partial charge in [0.2, 0.25) is 10.0 Å². The molecule has 0 amide bonds. The van der Waals surface area contributed by atoms with Crippen molar-refractivity contribution in [3.8, 4) is 0 Å². The quantitative estimate of drug-likeness (QED) is 0.804. The smallest absolute Gasteiger partial charge is 0.325 e. The van der Waals surface area contributed by atoms with Crippen LogP contribution in [0.2, 0.25) is 0 Å². The molecule has 1 aliphatic carbocycles.